The lowest BCUT2D eigenvalue weighted by molar-refractivity contribution is -0.124. The molecular formula is C19H25N3O2S. The second-order valence-electron chi connectivity index (χ2n) is 7.41. The van der Waals surface area contributed by atoms with E-state index < -0.39 is 0 Å². The molecule has 3 atom stereocenters. The zero-order valence-electron chi connectivity index (χ0n) is 14.6. The minimum absolute atomic E-state index is 0.0230. The van der Waals surface area contributed by atoms with E-state index in [1.165, 1.54) is 43.8 Å². The Bertz CT molecular complexity index is 741. The molecule has 1 amide bonds. The van der Waals surface area contributed by atoms with Crippen molar-refractivity contribution in [3.05, 3.63) is 23.8 Å². The fraction of sp³-hybridized carbons (Fsp3) is 0.632. The van der Waals surface area contributed by atoms with Crippen molar-refractivity contribution in [3.63, 3.8) is 0 Å². The Labute approximate surface area is 152 Å². The van der Waals surface area contributed by atoms with Gasteiger partial charge in [-0.3, -0.25) is 4.79 Å². The Balaban J connectivity index is 1.61. The van der Waals surface area contributed by atoms with Gasteiger partial charge in [-0.2, -0.15) is 8.75 Å². The van der Waals surface area contributed by atoms with Gasteiger partial charge >= 0.3 is 0 Å². The van der Waals surface area contributed by atoms with Crippen molar-refractivity contribution in [3.8, 4) is 0 Å². The third kappa shape index (κ3) is 3.70. The fourth-order valence-electron chi connectivity index (χ4n) is 4.46. The minimum Gasteiger partial charge on any atom is -0.370 e. The third-order valence-electron chi connectivity index (χ3n) is 5.60. The molecule has 0 bridgehead atoms. The van der Waals surface area contributed by atoms with Crippen LogP contribution in [0.4, 0.5) is 0 Å². The van der Waals surface area contributed by atoms with Crippen molar-refractivity contribution >= 4 is 28.7 Å². The van der Waals surface area contributed by atoms with Crippen LogP contribution in [0.15, 0.2) is 18.2 Å². The van der Waals surface area contributed by atoms with Crippen LogP contribution in [-0.2, 0) is 9.53 Å². The lowest BCUT2D eigenvalue weighted by Crippen LogP contribution is -2.44. The van der Waals surface area contributed by atoms with Gasteiger partial charge in [0, 0.05) is 18.5 Å². The van der Waals surface area contributed by atoms with Crippen LogP contribution in [-0.4, -0.2) is 26.8 Å². The highest BCUT2D eigenvalue weighted by molar-refractivity contribution is 7.00. The number of benzene rings is 1. The maximum Gasteiger partial charge on any atom is 0.217 e. The third-order valence-corrected chi connectivity index (χ3v) is 6.14. The first-order valence-electron chi connectivity index (χ1n) is 9.34. The maximum atomic E-state index is 11.6. The summed E-state index contributed by atoms with van der Waals surface area (Å²) < 4.78 is 15.4. The summed E-state index contributed by atoms with van der Waals surface area (Å²) in [4.78, 5) is 11.6. The van der Waals surface area contributed by atoms with Gasteiger partial charge in [0.25, 0.3) is 0 Å². The number of aromatic nitrogens is 2. The number of rotatable bonds is 3. The molecule has 0 spiro atoms. The van der Waals surface area contributed by atoms with E-state index in [4.69, 9.17) is 4.74 Å². The van der Waals surface area contributed by atoms with Gasteiger partial charge in [-0.05, 0) is 37.7 Å². The van der Waals surface area contributed by atoms with Crippen LogP contribution in [0, 0.1) is 5.92 Å². The lowest BCUT2D eigenvalue weighted by Gasteiger charge is -2.40. The first kappa shape index (κ1) is 16.9. The van der Waals surface area contributed by atoms with Gasteiger partial charge in [-0.25, -0.2) is 0 Å². The van der Waals surface area contributed by atoms with Crippen LogP contribution in [0.5, 0.6) is 0 Å². The van der Waals surface area contributed by atoms with E-state index in [9.17, 15) is 4.79 Å². The fourth-order valence-corrected chi connectivity index (χ4v) is 5.02. The summed E-state index contributed by atoms with van der Waals surface area (Å²) >= 11 is 1.25. The highest BCUT2D eigenvalue weighted by Gasteiger charge is 2.36. The average molecular weight is 359 g/mol. The Morgan fingerprint density at radius 1 is 1.20 bits per heavy atom. The molecule has 1 saturated carbocycles. The van der Waals surface area contributed by atoms with Crippen LogP contribution in [0.2, 0.25) is 0 Å². The van der Waals surface area contributed by atoms with Crippen LogP contribution in [0.3, 0.4) is 0 Å². The van der Waals surface area contributed by atoms with Crippen LogP contribution < -0.4 is 5.32 Å². The van der Waals surface area contributed by atoms with E-state index in [2.05, 4.69) is 20.1 Å². The second kappa shape index (κ2) is 7.38. The van der Waals surface area contributed by atoms with E-state index in [1.54, 1.807) is 6.92 Å². The number of carbonyl (C=O) groups excluding carboxylic acids is 1. The molecule has 134 valence electrons. The van der Waals surface area contributed by atoms with Crippen molar-refractivity contribution in [2.24, 2.45) is 5.92 Å². The summed E-state index contributed by atoms with van der Waals surface area (Å²) in [6.07, 6.45) is 8.34. The SMILES string of the molecule is CC(=O)N[C@H]1C[C@@H](C2CCCCC2)O[C@@H](c2cccc3nsnc23)C1. The molecule has 1 saturated heterocycles. The normalized spacial score (nSPS) is 28.1. The number of hydrogen-bond acceptors (Lipinski definition) is 5. The molecule has 0 unspecified atom stereocenters. The molecule has 25 heavy (non-hydrogen) atoms. The monoisotopic (exact) mass is 359 g/mol. The van der Waals surface area contributed by atoms with E-state index in [1.807, 2.05) is 12.1 Å². The van der Waals surface area contributed by atoms with Gasteiger partial charge in [0.1, 0.15) is 11.0 Å². The minimum atomic E-state index is -0.0230. The summed E-state index contributed by atoms with van der Waals surface area (Å²) in [6, 6.07) is 6.29. The number of hydrogen-bond donors (Lipinski definition) is 1. The Hall–Kier alpha value is -1.53. The molecule has 1 aromatic carbocycles. The van der Waals surface area contributed by atoms with Crippen molar-refractivity contribution in [2.45, 2.75) is 70.1 Å². The number of ether oxygens (including phenoxy) is 1. The topological polar surface area (TPSA) is 64.1 Å². The molecular weight excluding hydrogens is 334 g/mol. The summed E-state index contributed by atoms with van der Waals surface area (Å²) in [5.74, 6) is 0.655. The summed E-state index contributed by atoms with van der Waals surface area (Å²) in [7, 11) is 0. The summed E-state index contributed by atoms with van der Waals surface area (Å²) in [5, 5.41) is 3.14. The Morgan fingerprint density at radius 2 is 2.04 bits per heavy atom. The van der Waals surface area contributed by atoms with Gasteiger partial charge in [-0.1, -0.05) is 31.4 Å². The van der Waals surface area contributed by atoms with E-state index >= 15 is 0 Å². The number of fused-ring (bicyclic) bond motifs is 1. The quantitative estimate of drug-likeness (QED) is 0.900. The standard InChI is InChI=1S/C19H25N3O2S/c1-12(23)20-14-10-17(13-6-3-2-4-7-13)24-18(11-14)15-8-5-9-16-19(15)22-25-21-16/h5,8-9,13-14,17-18H,2-4,6-7,10-11H2,1H3,(H,20,23)/t14-,17-,18+/m0/s1. The Kier molecular flexibility index (Phi) is 4.99. The van der Waals surface area contributed by atoms with Crippen molar-refractivity contribution < 1.29 is 9.53 Å². The van der Waals surface area contributed by atoms with Gasteiger partial charge in [-0.15, -0.1) is 0 Å². The molecule has 2 aliphatic rings. The summed E-state index contributed by atoms with van der Waals surface area (Å²) in [6.45, 7) is 1.60. The number of nitrogens with zero attached hydrogens (tertiary/aromatic N) is 2. The predicted molar refractivity (Wildman–Crippen MR) is 98.4 cm³/mol. The highest BCUT2D eigenvalue weighted by Crippen LogP contribution is 2.40. The van der Waals surface area contributed by atoms with E-state index in [-0.39, 0.29) is 24.2 Å². The van der Waals surface area contributed by atoms with Crippen LogP contribution in [0.25, 0.3) is 11.0 Å². The molecule has 1 N–H and O–H groups in total. The molecule has 1 aliphatic heterocycles. The first-order chi connectivity index (χ1) is 12.2. The zero-order chi connectivity index (χ0) is 17.2. The number of amides is 1. The molecule has 5 nitrogen and oxygen atoms in total. The van der Waals surface area contributed by atoms with Gasteiger partial charge < -0.3 is 10.1 Å². The second-order valence-corrected chi connectivity index (χ2v) is 7.94. The van der Waals surface area contributed by atoms with Crippen LogP contribution in [0.1, 0.15) is 63.5 Å². The molecule has 2 fully saturated rings. The highest BCUT2D eigenvalue weighted by atomic mass is 32.1. The molecule has 4 rings (SSSR count). The molecule has 1 aliphatic carbocycles. The van der Waals surface area contributed by atoms with Crippen molar-refractivity contribution in [2.75, 3.05) is 0 Å². The average Bonchev–Trinajstić information content (AvgIpc) is 3.10. The zero-order valence-corrected chi connectivity index (χ0v) is 15.4. The summed E-state index contributed by atoms with van der Waals surface area (Å²) in [5.41, 5.74) is 2.99. The van der Waals surface area contributed by atoms with Crippen LogP contribution >= 0.6 is 11.7 Å². The van der Waals surface area contributed by atoms with Crippen molar-refractivity contribution in [1.82, 2.24) is 14.1 Å². The smallest absolute Gasteiger partial charge is 0.217 e. The molecule has 1 aromatic heterocycles. The first-order valence-corrected chi connectivity index (χ1v) is 10.1. The Morgan fingerprint density at radius 3 is 2.84 bits per heavy atom. The van der Waals surface area contributed by atoms with E-state index in [0.29, 0.717) is 5.92 Å². The maximum absolute atomic E-state index is 11.6. The lowest BCUT2D eigenvalue weighted by atomic mass is 9.80. The number of nitrogens with one attached hydrogen (secondary N) is 1. The predicted octanol–water partition coefficient (Wildman–Crippen LogP) is 4.00. The van der Waals surface area contributed by atoms with Crippen molar-refractivity contribution in [1.29, 1.82) is 0 Å². The molecule has 2 heterocycles. The van der Waals surface area contributed by atoms with Gasteiger partial charge in [0.15, 0.2) is 0 Å². The number of carbonyl (C=O) groups is 1. The van der Waals surface area contributed by atoms with E-state index in [0.717, 1.165) is 29.4 Å². The van der Waals surface area contributed by atoms with Gasteiger partial charge in [0.05, 0.1) is 23.9 Å². The molecule has 2 aromatic rings. The molecule has 0 radical (unpaired) electrons. The largest absolute Gasteiger partial charge is 0.370 e. The van der Waals surface area contributed by atoms with Gasteiger partial charge in [0.2, 0.25) is 5.91 Å². The molecule has 6 heteroatoms.